The Balaban J connectivity index is 1.21. The highest BCUT2D eigenvalue weighted by Gasteiger charge is 2.35. The molecular formula is C21H21N5O3. The van der Waals surface area contributed by atoms with E-state index in [1.165, 1.54) is 10.8 Å². The molecule has 0 radical (unpaired) electrons. The van der Waals surface area contributed by atoms with Gasteiger partial charge in [-0.2, -0.15) is 4.52 Å². The molecule has 8 heteroatoms. The first-order valence-corrected chi connectivity index (χ1v) is 9.76. The molecule has 1 saturated heterocycles. The average molecular weight is 391 g/mol. The lowest BCUT2D eigenvalue weighted by Gasteiger charge is -2.34. The minimum Gasteiger partial charge on any atom is -0.483 e. The van der Waals surface area contributed by atoms with Crippen LogP contribution < -0.4 is 9.47 Å². The average Bonchev–Trinajstić information content (AvgIpc) is 3.13. The topological polar surface area (TPSA) is 81.8 Å². The summed E-state index contributed by atoms with van der Waals surface area (Å²) in [7, 11) is 0. The molecule has 148 valence electrons. The quantitative estimate of drug-likeness (QED) is 0.682. The van der Waals surface area contributed by atoms with E-state index in [1.54, 1.807) is 12.1 Å². The summed E-state index contributed by atoms with van der Waals surface area (Å²) < 4.78 is 13.5. The standard InChI is InChI=1S/C21H21N5O3/c27-20(14-28-19-7-6-18-23-22-15-26(18)24-19)25-12-3-9-21(11-13-25)10-8-16-4-1-2-5-17(16)29-21/h1-2,4-8,10,15H,3,9,11-14H2. The van der Waals surface area contributed by atoms with Crippen molar-refractivity contribution in [1.82, 2.24) is 24.7 Å². The lowest BCUT2D eigenvalue weighted by atomic mass is 9.91. The predicted octanol–water partition coefficient (Wildman–Crippen LogP) is 2.36. The fourth-order valence-corrected chi connectivity index (χ4v) is 3.87. The number of carbonyl (C=O) groups is 1. The number of ether oxygens (including phenoxy) is 2. The van der Waals surface area contributed by atoms with Gasteiger partial charge < -0.3 is 14.4 Å². The van der Waals surface area contributed by atoms with Crippen molar-refractivity contribution in [2.45, 2.75) is 24.9 Å². The third-order valence-electron chi connectivity index (χ3n) is 5.47. The zero-order valence-electron chi connectivity index (χ0n) is 15.9. The molecule has 5 rings (SSSR count). The van der Waals surface area contributed by atoms with Gasteiger partial charge in [-0.1, -0.05) is 24.3 Å². The van der Waals surface area contributed by atoms with Crippen LogP contribution >= 0.6 is 0 Å². The molecule has 29 heavy (non-hydrogen) atoms. The molecule has 1 spiro atoms. The van der Waals surface area contributed by atoms with Crippen LogP contribution in [0.15, 0.2) is 48.8 Å². The Kier molecular flexibility index (Phi) is 4.38. The van der Waals surface area contributed by atoms with E-state index < -0.39 is 0 Å². The zero-order chi connectivity index (χ0) is 19.7. The minimum absolute atomic E-state index is 0.0482. The van der Waals surface area contributed by atoms with Gasteiger partial charge in [-0.05, 0) is 31.1 Å². The lowest BCUT2D eigenvalue weighted by Crippen LogP contribution is -2.39. The van der Waals surface area contributed by atoms with Gasteiger partial charge in [-0.3, -0.25) is 4.79 Å². The van der Waals surface area contributed by atoms with Crippen molar-refractivity contribution >= 4 is 17.6 Å². The molecule has 2 aromatic heterocycles. The van der Waals surface area contributed by atoms with E-state index in [0.717, 1.165) is 30.6 Å². The maximum atomic E-state index is 12.7. The van der Waals surface area contributed by atoms with E-state index in [1.807, 2.05) is 29.2 Å². The van der Waals surface area contributed by atoms with Crippen molar-refractivity contribution in [3.05, 3.63) is 54.4 Å². The Morgan fingerprint density at radius 2 is 2.10 bits per heavy atom. The van der Waals surface area contributed by atoms with Crippen LogP contribution in [0.2, 0.25) is 0 Å². The molecule has 0 bridgehead atoms. The molecule has 1 unspecified atom stereocenters. The van der Waals surface area contributed by atoms with Crippen molar-refractivity contribution in [3.63, 3.8) is 0 Å². The molecule has 0 N–H and O–H groups in total. The van der Waals surface area contributed by atoms with Gasteiger partial charge in [0, 0.05) is 31.1 Å². The Labute approximate surface area is 167 Å². The van der Waals surface area contributed by atoms with Crippen molar-refractivity contribution in [2.75, 3.05) is 19.7 Å². The van der Waals surface area contributed by atoms with Crippen LogP contribution in [-0.2, 0) is 4.79 Å². The van der Waals surface area contributed by atoms with Crippen molar-refractivity contribution < 1.29 is 14.3 Å². The summed E-state index contributed by atoms with van der Waals surface area (Å²) in [5.74, 6) is 1.23. The highest BCUT2D eigenvalue weighted by Crippen LogP contribution is 2.36. The van der Waals surface area contributed by atoms with E-state index >= 15 is 0 Å². The first kappa shape index (κ1) is 17.7. The summed E-state index contributed by atoms with van der Waals surface area (Å²) in [5, 5.41) is 11.9. The molecule has 0 aliphatic carbocycles. The number of carbonyl (C=O) groups excluding carboxylic acids is 1. The number of likely N-dealkylation sites (tertiary alicyclic amines) is 1. The van der Waals surface area contributed by atoms with E-state index in [0.29, 0.717) is 24.6 Å². The van der Waals surface area contributed by atoms with Crippen molar-refractivity contribution in [2.24, 2.45) is 0 Å². The maximum Gasteiger partial charge on any atom is 0.260 e. The summed E-state index contributed by atoms with van der Waals surface area (Å²) in [6.07, 6.45) is 8.30. The number of hydrogen-bond acceptors (Lipinski definition) is 6. The Morgan fingerprint density at radius 1 is 1.17 bits per heavy atom. The van der Waals surface area contributed by atoms with E-state index in [4.69, 9.17) is 9.47 Å². The molecule has 8 nitrogen and oxygen atoms in total. The van der Waals surface area contributed by atoms with Gasteiger partial charge in [-0.25, -0.2) is 0 Å². The molecule has 1 amide bonds. The molecule has 1 atom stereocenters. The second-order valence-electron chi connectivity index (χ2n) is 7.37. The zero-order valence-corrected chi connectivity index (χ0v) is 15.9. The summed E-state index contributed by atoms with van der Waals surface area (Å²) in [4.78, 5) is 14.5. The summed E-state index contributed by atoms with van der Waals surface area (Å²) in [5.41, 5.74) is 1.38. The van der Waals surface area contributed by atoms with E-state index in [9.17, 15) is 4.79 Å². The highest BCUT2D eigenvalue weighted by molar-refractivity contribution is 5.77. The first-order chi connectivity index (χ1) is 14.2. The van der Waals surface area contributed by atoms with Crippen molar-refractivity contribution in [1.29, 1.82) is 0 Å². The normalized spacial score (nSPS) is 20.9. The van der Waals surface area contributed by atoms with Crippen LogP contribution in [0.3, 0.4) is 0 Å². The van der Waals surface area contributed by atoms with Crippen LogP contribution in [0.25, 0.3) is 11.7 Å². The molecule has 4 heterocycles. The van der Waals surface area contributed by atoms with Crippen molar-refractivity contribution in [3.8, 4) is 11.6 Å². The number of amides is 1. The fourth-order valence-electron chi connectivity index (χ4n) is 3.87. The van der Waals surface area contributed by atoms with Gasteiger partial charge in [0.25, 0.3) is 5.91 Å². The number of nitrogens with zero attached hydrogens (tertiary/aromatic N) is 5. The molecule has 1 fully saturated rings. The third kappa shape index (κ3) is 3.53. The SMILES string of the molecule is O=C(COc1ccc2nncn2n1)N1CCCC2(C=Cc3ccccc3O2)CC1. The molecule has 3 aromatic rings. The molecular weight excluding hydrogens is 370 g/mol. The van der Waals surface area contributed by atoms with Gasteiger partial charge in [0.15, 0.2) is 12.3 Å². The number of rotatable bonds is 3. The van der Waals surface area contributed by atoms with Gasteiger partial charge >= 0.3 is 0 Å². The fraction of sp³-hybridized carbons (Fsp3) is 0.333. The molecule has 0 saturated carbocycles. The van der Waals surface area contributed by atoms with Crippen LogP contribution in [0, 0.1) is 0 Å². The number of fused-ring (bicyclic) bond motifs is 2. The molecule has 1 aromatic carbocycles. The van der Waals surface area contributed by atoms with Gasteiger partial charge in [0.05, 0.1) is 0 Å². The van der Waals surface area contributed by atoms with Crippen LogP contribution in [0.4, 0.5) is 0 Å². The molecule has 2 aliphatic rings. The van der Waals surface area contributed by atoms with Gasteiger partial charge in [-0.15, -0.1) is 15.3 Å². The smallest absolute Gasteiger partial charge is 0.260 e. The van der Waals surface area contributed by atoms with Gasteiger partial charge in [0.1, 0.15) is 17.7 Å². The number of aromatic nitrogens is 4. The second-order valence-corrected chi connectivity index (χ2v) is 7.37. The highest BCUT2D eigenvalue weighted by atomic mass is 16.5. The summed E-state index contributed by atoms with van der Waals surface area (Å²) >= 11 is 0. The van der Waals surface area contributed by atoms with Gasteiger partial charge in [0.2, 0.25) is 5.88 Å². The number of para-hydroxylation sites is 1. The minimum atomic E-state index is -0.342. The Morgan fingerprint density at radius 3 is 3.07 bits per heavy atom. The van der Waals surface area contributed by atoms with E-state index in [-0.39, 0.29) is 18.1 Å². The third-order valence-corrected chi connectivity index (χ3v) is 5.47. The van der Waals surface area contributed by atoms with Crippen LogP contribution in [0.1, 0.15) is 24.8 Å². The number of hydrogen-bond donors (Lipinski definition) is 0. The summed E-state index contributed by atoms with van der Waals surface area (Å²) in [6.45, 7) is 1.28. The molecule has 2 aliphatic heterocycles. The Bertz CT molecular complexity index is 1080. The van der Waals surface area contributed by atoms with Crippen LogP contribution in [-0.4, -0.2) is 55.9 Å². The largest absolute Gasteiger partial charge is 0.483 e. The lowest BCUT2D eigenvalue weighted by molar-refractivity contribution is -0.133. The maximum absolute atomic E-state index is 12.7. The van der Waals surface area contributed by atoms with E-state index in [2.05, 4.69) is 27.4 Å². The predicted molar refractivity (Wildman–Crippen MR) is 106 cm³/mol. The van der Waals surface area contributed by atoms with Crippen LogP contribution in [0.5, 0.6) is 11.6 Å². The second kappa shape index (κ2) is 7.20. The monoisotopic (exact) mass is 391 g/mol. The Hall–Kier alpha value is -3.42. The first-order valence-electron chi connectivity index (χ1n) is 9.76. The summed E-state index contributed by atoms with van der Waals surface area (Å²) in [6, 6.07) is 11.5. The number of benzene rings is 1.